The minimum atomic E-state index is -1.26. The molecule has 0 bridgehead atoms. The molecule has 0 aliphatic rings. The van der Waals surface area contributed by atoms with Crippen molar-refractivity contribution in [1.29, 1.82) is 0 Å². The van der Waals surface area contributed by atoms with Gasteiger partial charge in [-0.3, -0.25) is 0 Å². The summed E-state index contributed by atoms with van der Waals surface area (Å²) < 4.78 is 0. The Bertz CT molecular complexity index is 189. The fourth-order valence-corrected chi connectivity index (χ4v) is 0.248. The summed E-state index contributed by atoms with van der Waals surface area (Å²) in [5.74, 6) is -2.51. The van der Waals surface area contributed by atoms with Gasteiger partial charge in [-0.1, -0.05) is 12.2 Å². The van der Waals surface area contributed by atoms with Crippen LogP contribution in [0.4, 0.5) is 0 Å². The maximum Gasteiger partial charge on any atom is 0.328 e. The van der Waals surface area contributed by atoms with Crippen molar-refractivity contribution < 1.29 is 24.9 Å². The number of aliphatic carboxylic acids is 2. The fourth-order valence-electron chi connectivity index (χ4n) is 0.248. The first kappa shape index (κ1) is 13.9. The molecule has 0 heterocycles. The summed E-state index contributed by atoms with van der Waals surface area (Å²) in [5.41, 5.74) is 0. The van der Waals surface area contributed by atoms with Gasteiger partial charge in [0.25, 0.3) is 0 Å². The van der Waals surface area contributed by atoms with E-state index in [-0.39, 0.29) is 6.61 Å². The first-order chi connectivity index (χ1) is 6.04. The normalized spacial score (nSPS) is 9.69. The topological polar surface area (TPSA) is 94.8 Å². The third-order valence-corrected chi connectivity index (χ3v) is 0.710. The quantitative estimate of drug-likeness (QED) is 0.436. The highest BCUT2D eigenvalue weighted by molar-refractivity contribution is 5.89. The molecule has 0 aromatic carbocycles. The van der Waals surface area contributed by atoms with E-state index < -0.39 is 11.9 Å². The highest BCUT2D eigenvalue weighted by atomic mass is 16.4. The molecule has 0 fully saturated rings. The molecular weight excluding hydrogens is 176 g/mol. The number of carbonyl (C=O) groups is 2. The van der Waals surface area contributed by atoms with Gasteiger partial charge in [0.1, 0.15) is 0 Å². The van der Waals surface area contributed by atoms with Crippen LogP contribution in [0.5, 0.6) is 0 Å². The molecule has 0 aromatic rings. The molecular formula is C8H12O5. The van der Waals surface area contributed by atoms with E-state index in [0.717, 1.165) is 0 Å². The summed E-state index contributed by atoms with van der Waals surface area (Å²) >= 11 is 0. The first-order valence-electron chi connectivity index (χ1n) is 3.40. The lowest BCUT2D eigenvalue weighted by atomic mass is 10.5. The van der Waals surface area contributed by atoms with Crippen molar-refractivity contribution in [1.82, 2.24) is 0 Å². The van der Waals surface area contributed by atoms with Gasteiger partial charge in [0.2, 0.25) is 0 Å². The Balaban J connectivity index is 0. The van der Waals surface area contributed by atoms with Crippen LogP contribution < -0.4 is 0 Å². The van der Waals surface area contributed by atoms with Gasteiger partial charge in [-0.05, 0) is 6.92 Å². The van der Waals surface area contributed by atoms with Crippen molar-refractivity contribution in [3.8, 4) is 0 Å². The third kappa shape index (κ3) is 25.2. The van der Waals surface area contributed by atoms with Crippen LogP contribution in [0.25, 0.3) is 0 Å². The Morgan fingerprint density at radius 1 is 1.15 bits per heavy atom. The summed E-state index contributed by atoms with van der Waals surface area (Å²) in [6, 6.07) is 0. The standard InChI is InChI=1S/C4H4O4.C4H8O/c5-3(6)1-2-4(7)8;1-2-3-4-5/h1-2H,(H,5,6)(H,7,8);2-3,5H,4H2,1H3/b2-1-;. The second-order valence-corrected chi connectivity index (χ2v) is 1.76. The molecule has 0 saturated carbocycles. The Morgan fingerprint density at radius 2 is 1.54 bits per heavy atom. The second-order valence-electron chi connectivity index (χ2n) is 1.76. The monoisotopic (exact) mass is 188 g/mol. The number of hydrogen-bond acceptors (Lipinski definition) is 3. The molecule has 0 amide bonds. The van der Waals surface area contributed by atoms with Gasteiger partial charge in [-0.15, -0.1) is 0 Å². The zero-order valence-corrected chi connectivity index (χ0v) is 7.17. The van der Waals surface area contributed by atoms with Gasteiger partial charge in [0.05, 0.1) is 6.61 Å². The average molecular weight is 188 g/mol. The molecule has 0 radical (unpaired) electrons. The SMILES string of the molecule is CC=CCO.O=C(O)/C=C\C(=O)O. The van der Waals surface area contributed by atoms with Crippen LogP contribution >= 0.6 is 0 Å². The van der Waals surface area contributed by atoms with Crippen LogP contribution in [0.1, 0.15) is 6.92 Å². The molecule has 0 spiro atoms. The van der Waals surface area contributed by atoms with Crippen molar-refractivity contribution in [2.24, 2.45) is 0 Å². The Kier molecular flexibility index (Phi) is 11.1. The number of carboxylic acid groups (broad SMARTS) is 2. The molecule has 5 heteroatoms. The van der Waals surface area contributed by atoms with Crippen LogP contribution in [-0.4, -0.2) is 33.9 Å². The van der Waals surface area contributed by atoms with Crippen molar-refractivity contribution in [3.63, 3.8) is 0 Å². The van der Waals surface area contributed by atoms with E-state index in [0.29, 0.717) is 12.2 Å². The second kappa shape index (κ2) is 10.4. The van der Waals surface area contributed by atoms with Gasteiger partial charge in [0, 0.05) is 12.2 Å². The molecule has 0 aliphatic carbocycles. The van der Waals surface area contributed by atoms with E-state index in [9.17, 15) is 9.59 Å². The van der Waals surface area contributed by atoms with Crippen LogP contribution in [0, 0.1) is 0 Å². The largest absolute Gasteiger partial charge is 0.478 e. The number of hydrogen-bond donors (Lipinski definition) is 3. The lowest BCUT2D eigenvalue weighted by molar-refractivity contribution is -0.134. The van der Waals surface area contributed by atoms with E-state index in [1.807, 2.05) is 6.92 Å². The molecule has 0 aromatic heterocycles. The minimum absolute atomic E-state index is 0.163. The molecule has 0 aliphatic heterocycles. The molecule has 13 heavy (non-hydrogen) atoms. The van der Waals surface area contributed by atoms with E-state index in [1.54, 1.807) is 12.2 Å². The molecule has 3 N–H and O–H groups in total. The predicted octanol–water partition coefficient (Wildman–Crippen LogP) is 0.267. The summed E-state index contributed by atoms with van der Waals surface area (Å²) in [6.45, 7) is 2.03. The van der Waals surface area contributed by atoms with Crippen LogP contribution in [0.15, 0.2) is 24.3 Å². The smallest absolute Gasteiger partial charge is 0.328 e. The number of aliphatic hydroxyl groups excluding tert-OH is 1. The molecule has 74 valence electrons. The van der Waals surface area contributed by atoms with Crippen molar-refractivity contribution in [3.05, 3.63) is 24.3 Å². The van der Waals surface area contributed by atoms with Crippen LogP contribution in [0.2, 0.25) is 0 Å². The maximum atomic E-state index is 9.55. The Hall–Kier alpha value is -1.62. The molecule has 0 unspecified atom stereocenters. The fraction of sp³-hybridized carbons (Fsp3) is 0.250. The van der Waals surface area contributed by atoms with E-state index in [1.165, 1.54) is 0 Å². The van der Waals surface area contributed by atoms with Crippen molar-refractivity contribution in [2.75, 3.05) is 6.61 Å². The maximum absolute atomic E-state index is 9.55. The highest BCUT2D eigenvalue weighted by Crippen LogP contribution is 1.70. The summed E-state index contributed by atoms with van der Waals surface area (Å²) in [4.78, 5) is 19.1. The number of aliphatic hydroxyl groups is 1. The third-order valence-electron chi connectivity index (χ3n) is 0.710. The van der Waals surface area contributed by atoms with Crippen molar-refractivity contribution >= 4 is 11.9 Å². The molecule has 0 atom stereocenters. The average Bonchev–Trinajstić information content (AvgIpc) is 2.03. The zero-order valence-electron chi connectivity index (χ0n) is 7.17. The minimum Gasteiger partial charge on any atom is -0.478 e. The lowest BCUT2D eigenvalue weighted by Crippen LogP contribution is -1.91. The van der Waals surface area contributed by atoms with Gasteiger partial charge in [-0.2, -0.15) is 0 Å². The van der Waals surface area contributed by atoms with Crippen molar-refractivity contribution in [2.45, 2.75) is 6.92 Å². The molecule has 0 saturated heterocycles. The van der Waals surface area contributed by atoms with Gasteiger partial charge in [0.15, 0.2) is 0 Å². The lowest BCUT2D eigenvalue weighted by Gasteiger charge is -1.74. The first-order valence-corrected chi connectivity index (χ1v) is 3.40. The Morgan fingerprint density at radius 3 is 1.62 bits per heavy atom. The van der Waals surface area contributed by atoms with Crippen LogP contribution in [-0.2, 0) is 9.59 Å². The summed E-state index contributed by atoms with van der Waals surface area (Å²) in [5, 5.41) is 23.6. The van der Waals surface area contributed by atoms with Crippen LogP contribution in [0.3, 0.4) is 0 Å². The number of allylic oxidation sites excluding steroid dienone is 1. The van der Waals surface area contributed by atoms with E-state index >= 15 is 0 Å². The zero-order chi connectivity index (χ0) is 10.7. The van der Waals surface area contributed by atoms with Gasteiger partial charge >= 0.3 is 11.9 Å². The summed E-state index contributed by atoms with van der Waals surface area (Å²) in [6.07, 6.45) is 4.60. The Labute approximate surface area is 75.6 Å². The molecule has 0 rings (SSSR count). The van der Waals surface area contributed by atoms with E-state index in [2.05, 4.69) is 0 Å². The molecule has 5 nitrogen and oxygen atoms in total. The number of carboxylic acids is 2. The van der Waals surface area contributed by atoms with E-state index in [4.69, 9.17) is 15.3 Å². The van der Waals surface area contributed by atoms with Gasteiger partial charge < -0.3 is 15.3 Å². The van der Waals surface area contributed by atoms with Gasteiger partial charge in [-0.25, -0.2) is 9.59 Å². The summed E-state index contributed by atoms with van der Waals surface area (Å²) in [7, 11) is 0. The number of rotatable bonds is 3. The predicted molar refractivity (Wildman–Crippen MR) is 46.3 cm³/mol. The highest BCUT2D eigenvalue weighted by Gasteiger charge is 1.88.